The standard InChI is InChI=1S/C15H25Cl2NOSi/c1-15(2,3)20(4,5)18-12(10-19)8-11-6-7-13(16)14(17)9-11/h6-7,9,12,18-19H,8,10H2,1-5H3/t12-/m0/s1. The zero-order valence-corrected chi connectivity index (χ0v) is 15.4. The van der Waals surface area contributed by atoms with Gasteiger partial charge in [-0.3, -0.25) is 0 Å². The number of aliphatic hydroxyl groups excluding tert-OH is 1. The molecule has 114 valence electrons. The molecule has 0 fully saturated rings. The van der Waals surface area contributed by atoms with Gasteiger partial charge >= 0.3 is 0 Å². The average molecular weight is 334 g/mol. The Labute approximate surface area is 133 Å². The molecule has 0 heterocycles. The molecule has 0 aliphatic rings. The SMILES string of the molecule is CC(C)(C)[Si](C)(C)N[C@H](CO)Cc1ccc(Cl)c(Cl)c1. The highest BCUT2D eigenvalue weighted by molar-refractivity contribution is 6.77. The van der Waals surface area contributed by atoms with E-state index >= 15 is 0 Å². The number of aliphatic hydroxyl groups is 1. The lowest BCUT2D eigenvalue weighted by atomic mass is 10.1. The van der Waals surface area contributed by atoms with E-state index in [9.17, 15) is 5.11 Å². The Hall–Kier alpha value is -0.0631. The summed E-state index contributed by atoms with van der Waals surface area (Å²) in [4.78, 5) is 3.68. The van der Waals surface area contributed by atoms with Gasteiger partial charge in [-0.15, -0.1) is 0 Å². The van der Waals surface area contributed by atoms with Crippen LogP contribution in [-0.4, -0.2) is 26.0 Å². The van der Waals surface area contributed by atoms with Crippen LogP contribution in [0.15, 0.2) is 18.2 Å². The van der Waals surface area contributed by atoms with E-state index in [0.717, 1.165) is 12.0 Å². The largest absolute Gasteiger partial charge is 0.395 e. The minimum atomic E-state index is -1.64. The summed E-state index contributed by atoms with van der Waals surface area (Å²) in [6, 6.07) is 5.69. The van der Waals surface area contributed by atoms with Gasteiger partial charge in [0.2, 0.25) is 0 Å². The molecule has 0 bridgehead atoms. The van der Waals surface area contributed by atoms with Crippen molar-refractivity contribution in [2.75, 3.05) is 6.61 Å². The fraction of sp³-hybridized carbons (Fsp3) is 0.600. The lowest BCUT2D eigenvalue weighted by Crippen LogP contribution is -2.57. The van der Waals surface area contributed by atoms with Gasteiger partial charge in [0.25, 0.3) is 0 Å². The fourth-order valence-electron chi connectivity index (χ4n) is 1.84. The van der Waals surface area contributed by atoms with Crippen molar-refractivity contribution in [3.63, 3.8) is 0 Å². The van der Waals surface area contributed by atoms with Crippen LogP contribution in [0.3, 0.4) is 0 Å². The van der Waals surface area contributed by atoms with Crippen molar-refractivity contribution < 1.29 is 5.11 Å². The molecule has 5 heteroatoms. The molecule has 0 amide bonds. The normalized spacial score (nSPS) is 14.4. The van der Waals surface area contributed by atoms with E-state index in [0.29, 0.717) is 10.0 Å². The second kappa shape index (κ2) is 6.80. The highest BCUT2D eigenvalue weighted by Crippen LogP contribution is 2.34. The topological polar surface area (TPSA) is 32.3 Å². The Morgan fingerprint density at radius 1 is 1.20 bits per heavy atom. The summed E-state index contributed by atoms with van der Waals surface area (Å²) < 4.78 is 0. The molecule has 1 atom stereocenters. The summed E-state index contributed by atoms with van der Waals surface area (Å²) in [5.41, 5.74) is 1.09. The van der Waals surface area contributed by atoms with Gasteiger partial charge in [0.1, 0.15) is 8.24 Å². The molecular formula is C15H25Cl2NOSi. The van der Waals surface area contributed by atoms with Crippen LogP contribution in [0.2, 0.25) is 28.2 Å². The van der Waals surface area contributed by atoms with Crippen LogP contribution in [0, 0.1) is 0 Å². The fourth-order valence-corrected chi connectivity index (χ4v) is 3.81. The van der Waals surface area contributed by atoms with Crippen molar-refractivity contribution in [3.8, 4) is 0 Å². The number of rotatable bonds is 5. The average Bonchev–Trinajstić information content (AvgIpc) is 2.31. The number of halogens is 2. The Morgan fingerprint density at radius 2 is 1.80 bits per heavy atom. The highest BCUT2D eigenvalue weighted by atomic mass is 35.5. The van der Waals surface area contributed by atoms with Crippen LogP contribution in [0.4, 0.5) is 0 Å². The molecule has 1 rings (SSSR count). The van der Waals surface area contributed by atoms with Crippen LogP contribution >= 0.6 is 23.2 Å². The molecule has 0 radical (unpaired) electrons. The van der Waals surface area contributed by atoms with E-state index in [1.165, 1.54) is 0 Å². The monoisotopic (exact) mass is 333 g/mol. The highest BCUT2D eigenvalue weighted by Gasteiger charge is 2.36. The first-order valence-electron chi connectivity index (χ1n) is 6.89. The van der Waals surface area contributed by atoms with Crippen LogP contribution in [-0.2, 0) is 6.42 Å². The van der Waals surface area contributed by atoms with Gasteiger partial charge in [0, 0.05) is 6.04 Å². The molecule has 0 unspecified atom stereocenters. The molecule has 1 aromatic rings. The Balaban J connectivity index is 2.80. The van der Waals surface area contributed by atoms with E-state index < -0.39 is 8.24 Å². The molecule has 0 aliphatic heterocycles. The van der Waals surface area contributed by atoms with Gasteiger partial charge in [0.05, 0.1) is 16.7 Å². The Kier molecular flexibility index (Phi) is 6.11. The van der Waals surface area contributed by atoms with Gasteiger partial charge in [-0.1, -0.05) is 63.1 Å². The van der Waals surface area contributed by atoms with Crippen molar-refractivity contribution in [2.24, 2.45) is 0 Å². The van der Waals surface area contributed by atoms with E-state index in [2.05, 4.69) is 38.8 Å². The van der Waals surface area contributed by atoms with Crippen LogP contribution in [0.25, 0.3) is 0 Å². The first-order chi connectivity index (χ1) is 9.06. The third-order valence-corrected chi connectivity index (χ3v) is 9.75. The van der Waals surface area contributed by atoms with E-state index in [1.807, 2.05) is 12.1 Å². The molecule has 2 nitrogen and oxygen atoms in total. The quantitative estimate of drug-likeness (QED) is 0.778. The summed E-state index contributed by atoms with van der Waals surface area (Å²) in [7, 11) is -1.64. The molecule has 2 N–H and O–H groups in total. The summed E-state index contributed by atoms with van der Waals surface area (Å²) in [6.07, 6.45) is 0.750. The van der Waals surface area contributed by atoms with Crippen LogP contribution in [0.5, 0.6) is 0 Å². The van der Waals surface area contributed by atoms with Crippen molar-refractivity contribution in [3.05, 3.63) is 33.8 Å². The minimum absolute atomic E-state index is 0.0492. The predicted octanol–water partition coefficient (Wildman–Crippen LogP) is 4.49. The van der Waals surface area contributed by atoms with Gasteiger partial charge in [-0.05, 0) is 29.2 Å². The molecule has 20 heavy (non-hydrogen) atoms. The number of hydrogen-bond donors (Lipinski definition) is 2. The van der Waals surface area contributed by atoms with Crippen LogP contribution in [0.1, 0.15) is 26.3 Å². The summed E-state index contributed by atoms with van der Waals surface area (Å²) in [6.45, 7) is 11.5. The predicted molar refractivity (Wildman–Crippen MR) is 91.4 cm³/mol. The molecule has 0 saturated heterocycles. The summed E-state index contributed by atoms with van der Waals surface area (Å²) in [5, 5.41) is 11.0. The molecule has 0 spiro atoms. The first kappa shape index (κ1) is 18.0. The summed E-state index contributed by atoms with van der Waals surface area (Å²) >= 11 is 12.0. The van der Waals surface area contributed by atoms with Gasteiger partial charge in [0.15, 0.2) is 0 Å². The number of nitrogens with one attached hydrogen (secondary N) is 1. The zero-order valence-electron chi connectivity index (χ0n) is 12.9. The maximum atomic E-state index is 9.64. The maximum Gasteiger partial charge on any atom is 0.125 e. The Bertz CT molecular complexity index is 458. The molecule has 0 saturated carbocycles. The Morgan fingerprint density at radius 3 is 2.25 bits per heavy atom. The van der Waals surface area contributed by atoms with Crippen molar-refractivity contribution >= 4 is 31.4 Å². The second-order valence-electron chi connectivity index (χ2n) is 6.85. The maximum absolute atomic E-state index is 9.64. The lowest BCUT2D eigenvalue weighted by Gasteiger charge is -2.40. The van der Waals surface area contributed by atoms with Gasteiger partial charge in [-0.2, -0.15) is 0 Å². The van der Waals surface area contributed by atoms with Gasteiger partial charge < -0.3 is 10.1 Å². The second-order valence-corrected chi connectivity index (χ2v) is 12.7. The molecule has 1 aromatic carbocycles. The van der Waals surface area contributed by atoms with Gasteiger partial charge in [-0.25, -0.2) is 0 Å². The summed E-state index contributed by atoms with van der Waals surface area (Å²) in [5.74, 6) is 0. The van der Waals surface area contributed by atoms with Crippen molar-refractivity contribution in [1.82, 2.24) is 4.98 Å². The molecule has 0 aliphatic carbocycles. The molecule has 0 aromatic heterocycles. The molecular weight excluding hydrogens is 309 g/mol. The van der Waals surface area contributed by atoms with E-state index in [4.69, 9.17) is 23.2 Å². The lowest BCUT2D eigenvalue weighted by molar-refractivity contribution is 0.254. The number of hydrogen-bond acceptors (Lipinski definition) is 2. The smallest absolute Gasteiger partial charge is 0.125 e. The third kappa shape index (κ3) is 4.74. The minimum Gasteiger partial charge on any atom is -0.395 e. The van der Waals surface area contributed by atoms with E-state index in [1.54, 1.807) is 6.07 Å². The zero-order chi connectivity index (χ0) is 15.6. The van der Waals surface area contributed by atoms with Crippen molar-refractivity contribution in [1.29, 1.82) is 0 Å². The first-order valence-corrected chi connectivity index (χ1v) is 10.6. The third-order valence-electron chi connectivity index (χ3n) is 4.13. The van der Waals surface area contributed by atoms with Crippen molar-refractivity contribution in [2.45, 2.75) is 51.4 Å². The van der Waals surface area contributed by atoms with Crippen LogP contribution < -0.4 is 4.98 Å². The van der Waals surface area contributed by atoms with E-state index in [-0.39, 0.29) is 17.7 Å². The number of benzene rings is 1.